The van der Waals surface area contributed by atoms with Crippen molar-refractivity contribution in [1.29, 1.82) is 0 Å². The smallest absolute Gasteiger partial charge is 0.275 e. The summed E-state index contributed by atoms with van der Waals surface area (Å²) in [6, 6.07) is 9.59. The average molecular weight is 414 g/mol. The van der Waals surface area contributed by atoms with Gasteiger partial charge in [-0.2, -0.15) is 5.10 Å². The number of amides is 1. The topological polar surface area (TPSA) is 111 Å². The number of rotatable bonds is 7. The number of thiophene rings is 1. The number of hydrogen-bond donors (Lipinski definition) is 1. The first-order chi connectivity index (χ1) is 14.0. The highest BCUT2D eigenvalue weighted by molar-refractivity contribution is 7.13. The van der Waals surface area contributed by atoms with Crippen molar-refractivity contribution in [3.8, 4) is 10.6 Å². The minimum atomic E-state index is -0.640. The van der Waals surface area contributed by atoms with Gasteiger partial charge in [-0.1, -0.05) is 18.2 Å². The van der Waals surface area contributed by atoms with E-state index in [0.717, 1.165) is 10.6 Å². The standard InChI is InChI=1S/C19H18N4O5S/c1-27-14(28-2)10-22-18(11-5-3-6-12(9-11)23(25)26)15-16(13-7-4-8-29-13)20-21-17(15)19(22)24/h3-9,14,18H,10H2,1-2H3,(H,20,21). The zero-order valence-corrected chi connectivity index (χ0v) is 16.5. The minimum Gasteiger partial charge on any atom is -0.354 e. The van der Waals surface area contributed by atoms with Gasteiger partial charge in [0.05, 0.1) is 28.1 Å². The third kappa shape index (κ3) is 3.31. The largest absolute Gasteiger partial charge is 0.354 e. The summed E-state index contributed by atoms with van der Waals surface area (Å²) < 4.78 is 10.6. The van der Waals surface area contributed by atoms with Gasteiger partial charge in [-0.25, -0.2) is 0 Å². The summed E-state index contributed by atoms with van der Waals surface area (Å²) in [4.78, 5) is 26.5. The summed E-state index contributed by atoms with van der Waals surface area (Å²) in [5.41, 5.74) is 2.31. The van der Waals surface area contributed by atoms with E-state index in [4.69, 9.17) is 9.47 Å². The van der Waals surface area contributed by atoms with Crippen molar-refractivity contribution in [2.75, 3.05) is 20.8 Å². The van der Waals surface area contributed by atoms with Gasteiger partial charge >= 0.3 is 0 Å². The van der Waals surface area contributed by atoms with Gasteiger partial charge < -0.3 is 14.4 Å². The Morgan fingerprint density at radius 1 is 1.31 bits per heavy atom. The van der Waals surface area contributed by atoms with Crippen LogP contribution in [0.4, 0.5) is 5.69 Å². The summed E-state index contributed by atoms with van der Waals surface area (Å²) in [5, 5.41) is 20.5. The van der Waals surface area contributed by atoms with Crippen LogP contribution in [0, 0.1) is 10.1 Å². The van der Waals surface area contributed by atoms with Crippen LogP contribution in [-0.4, -0.2) is 53.0 Å². The Balaban J connectivity index is 1.86. The van der Waals surface area contributed by atoms with Crippen LogP contribution in [0.1, 0.15) is 27.7 Å². The summed E-state index contributed by atoms with van der Waals surface area (Å²) in [7, 11) is 2.99. The first kappa shape index (κ1) is 19.2. The van der Waals surface area contributed by atoms with Crippen LogP contribution >= 0.6 is 11.3 Å². The first-order valence-electron chi connectivity index (χ1n) is 8.78. The number of H-pyrrole nitrogens is 1. The van der Waals surface area contributed by atoms with Crippen LogP contribution in [0.2, 0.25) is 0 Å². The Morgan fingerprint density at radius 2 is 2.10 bits per heavy atom. The van der Waals surface area contributed by atoms with E-state index in [1.165, 1.54) is 37.7 Å². The molecule has 0 aliphatic carbocycles. The number of non-ortho nitro benzene ring substituents is 1. The maximum Gasteiger partial charge on any atom is 0.275 e. The number of carbonyl (C=O) groups is 1. The van der Waals surface area contributed by atoms with Crippen molar-refractivity contribution in [2.45, 2.75) is 12.3 Å². The van der Waals surface area contributed by atoms with Crippen molar-refractivity contribution in [2.24, 2.45) is 0 Å². The summed E-state index contributed by atoms with van der Waals surface area (Å²) in [5.74, 6) is -0.283. The van der Waals surface area contributed by atoms with Crippen molar-refractivity contribution in [1.82, 2.24) is 15.1 Å². The molecule has 1 N–H and O–H groups in total. The Hall–Kier alpha value is -3.08. The summed E-state index contributed by atoms with van der Waals surface area (Å²) in [6.07, 6.45) is -0.640. The lowest BCUT2D eigenvalue weighted by Gasteiger charge is -2.28. The molecule has 1 aromatic carbocycles. The Kier molecular flexibility index (Phi) is 5.14. The van der Waals surface area contributed by atoms with Gasteiger partial charge in [-0.3, -0.25) is 20.0 Å². The van der Waals surface area contributed by atoms with E-state index < -0.39 is 17.3 Å². The number of nitro groups is 1. The third-order valence-corrected chi connectivity index (χ3v) is 5.78. The van der Waals surface area contributed by atoms with Crippen LogP contribution in [0.15, 0.2) is 41.8 Å². The Labute approximate surface area is 170 Å². The Bertz CT molecular complexity index is 1040. The van der Waals surface area contributed by atoms with Crippen LogP contribution in [0.5, 0.6) is 0 Å². The predicted molar refractivity (Wildman–Crippen MR) is 106 cm³/mol. The fraction of sp³-hybridized carbons (Fsp3) is 0.263. The Morgan fingerprint density at radius 3 is 2.76 bits per heavy atom. The highest BCUT2D eigenvalue weighted by Crippen LogP contribution is 2.44. The van der Waals surface area contributed by atoms with Gasteiger partial charge in [-0.05, 0) is 17.0 Å². The van der Waals surface area contributed by atoms with E-state index in [0.29, 0.717) is 16.8 Å². The molecule has 1 unspecified atom stereocenters. The second kappa shape index (κ2) is 7.74. The normalized spacial score (nSPS) is 15.9. The molecule has 1 amide bonds. The number of benzene rings is 1. The molecule has 0 fully saturated rings. The van der Waals surface area contributed by atoms with E-state index in [1.54, 1.807) is 17.0 Å². The molecule has 1 atom stereocenters. The van der Waals surface area contributed by atoms with Crippen molar-refractivity contribution < 1.29 is 19.2 Å². The van der Waals surface area contributed by atoms with Crippen molar-refractivity contribution >= 4 is 22.9 Å². The van der Waals surface area contributed by atoms with Gasteiger partial charge in [0.15, 0.2) is 12.0 Å². The number of ether oxygens (including phenoxy) is 2. The number of nitrogens with one attached hydrogen (secondary N) is 1. The van der Waals surface area contributed by atoms with Crippen molar-refractivity contribution in [3.63, 3.8) is 0 Å². The molecule has 0 saturated heterocycles. The number of aromatic amines is 1. The highest BCUT2D eigenvalue weighted by atomic mass is 32.1. The van der Waals surface area contributed by atoms with Gasteiger partial charge in [0, 0.05) is 31.9 Å². The first-order valence-corrected chi connectivity index (χ1v) is 9.66. The van der Waals surface area contributed by atoms with Gasteiger partial charge in [0.2, 0.25) is 0 Å². The van der Waals surface area contributed by atoms with Gasteiger partial charge in [0.1, 0.15) is 0 Å². The third-order valence-electron chi connectivity index (χ3n) is 4.89. The molecule has 0 spiro atoms. The van der Waals surface area contributed by atoms with E-state index in [2.05, 4.69) is 10.2 Å². The molecule has 4 rings (SSSR count). The molecule has 3 heterocycles. The number of nitro benzene ring substituents is 1. The van der Waals surface area contributed by atoms with Crippen LogP contribution < -0.4 is 0 Å². The fourth-order valence-corrected chi connectivity index (χ4v) is 4.28. The van der Waals surface area contributed by atoms with Crippen molar-refractivity contribution in [3.05, 3.63) is 68.7 Å². The van der Waals surface area contributed by atoms with Crippen LogP contribution in [0.3, 0.4) is 0 Å². The van der Waals surface area contributed by atoms with Crippen LogP contribution in [0.25, 0.3) is 10.6 Å². The average Bonchev–Trinajstić information content (AvgIpc) is 3.44. The molecule has 0 radical (unpaired) electrons. The molecule has 2 aromatic heterocycles. The highest BCUT2D eigenvalue weighted by Gasteiger charge is 2.43. The SMILES string of the molecule is COC(CN1C(=O)c2n[nH]c(-c3cccs3)c2C1c1cccc([N+](=O)[O-])c1)OC. The number of aromatic nitrogens is 2. The number of hydrogen-bond acceptors (Lipinski definition) is 7. The quantitative estimate of drug-likeness (QED) is 0.361. The number of fused-ring (bicyclic) bond motifs is 1. The maximum atomic E-state index is 13.2. The number of methoxy groups -OCH3 is 2. The molecule has 9 nitrogen and oxygen atoms in total. The molecule has 0 saturated carbocycles. The lowest BCUT2D eigenvalue weighted by molar-refractivity contribution is -0.384. The second-order valence-electron chi connectivity index (χ2n) is 6.45. The second-order valence-corrected chi connectivity index (χ2v) is 7.40. The zero-order valence-electron chi connectivity index (χ0n) is 15.7. The van der Waals surface area contributed by atoms with Gasteiger partial charge in [-0.15, -0.1) is 11.3 Å². The molecule has 1 aliphatic rings. The molecule has 3 aromatic rings. The minimum absolute atomic E-state index is 0.0421. The van der Waals surface area contributed by atoms with Gasteiger partial charge in [0.25, 0.3) is 11.6 Å². The predicted octanol–water partition coefficient (Wildman–Crippen LogP) is 3.21. The van der Waals surface area contributed by atoms with E-state index >= 15 is 0 Å². The molecule has 10 heteroatoms. The lowest BCUT2D eigenvalue weighted by atomic mass is 9.98. The summed E-state index contributed by atoms with van der Waals surface area (Å²) in [6.45, 7) is 0.152. The monoisotopic (exact) mass is 414 g/mol. The van der Waals surface area contributed by atoms with E-state index in [9.17, 15) is 14.9 Å². The lowest BCUT2D eigenvalue weighted by Crippen LogP contribution is -2.38. The van der Waals surface area contributed by atoms with Crippen LogP contribution in [-0.2, 0) is 9.47 Å². The van der Waals surface area contributed by atoms with E-state index in [-0.39, 0.29) is 18.1 Å². The summed E-state index contributed by atoms with van der Waals surface area (Å²) >= 11 is 1.52. The maximum absolute atomic E-state index is 13.2. The molecular formula is C19H18N4O5S. The number of nitrogens with zero attached hydrogens (tertiary/aromatic N) is 3. The van der Waals surface area contributed by atoms with E-state index in [1.807, 2.05) is 17.5 Å². The molecule has 1 aliphatic heterocycles. The number of carbonyl (C=O) groups excluding carboxylic acids is 1. The molecule has 29 heavy (non-hydrogen) atoms. The zero-order chi connectivity index (χ0) is 20.5. The fourth-order valence-electron chi connectivity index (χ4n) is 3.55. The molecule has 0 bridgehead atoms. The molecular weight excluding hydrogens is 396 g/mol. The molecule has 150 valence electrons.